The van der Waals surface area contributed by atoms with E-state index >= 15 is 0 Å². The number of unbranched alkanes of at least 4 members (excludes halogenated alkanes) is 11. The monoisotopic (exact) mass is 297 g/mol. The van der Waals surface area contributed by atoms with Crippen molar-refractivity contribution in [2.45, 2.75) is 90.1 Å². The lowest BCUT2D eigenvalue weighted by atomic mass is 10.1. The van der Waals surface area contributed by atoms with Crippen LogP contribution in [0, 0.1) is 0 Å². The van der Waals surface area contributed by atoms with Gasteiger partial charge < -0.3 is 15.9 Å². The lowest BCUT2D eigenvalue weighted by Gasteiger charge is -2.04. The molecule has 0 spiro atoms. The number of nitrogens with two attached hydrogens (primary N) is 1. The summed E-state index contributed by atoms with van der Waals surface area (Å²) in [4.78, 5) is 0. The molecular formula is C18H35NO2. The van der Waals surface area contributed by atoms with Crippen LogP contribution in [0.5, 0.6) is 0 Å². The van der Waals surface area contributed by atoms with Crippen LogP contribution < -0.4 is 5.73 Å². The molecule has 1 atom stereocenters. The molecule has 0 aromatic heterocycles. The topological polar surface area (TPSA) is 66.5 Å². The molecule has 21 heavy (non-hydrogen) atoms. The summed E-state index contributed by atoms with van der Waals surface area (Å²) in [5.41, 5.74) is 5.46. The van der Waals surface area contributed by atoms with Gasteiger partial charge in [0.05, 0.1) is 5.70 Å². The van der Waals surface area contributed by atoms with E-state index in [1.165, 1.54) is 64.2 Å². The first-order chi connectivity index (χ1) is 10.2. The summed E-state index contributed by atoms with van der Waals surface area (Å²) >= 11 is 0. The maximum Gasteiger partial charge on any atom is 0.114 e. The molecule has 0 aliphatic carbocycles. The fourth-order valence-corrected chi connectivity index (χ4v) is 2.34. The fourth-order valence-electron chi connectivity index (χ4n) is 2.34. The van der Waals surface area contributed by atoms with Crippen LogP contribution in [0.15, 0.2) is 24.1 Å². The lowest BCUT2D eigenvalue weighted by Crippen LogP contribution is -2.14. The van der Waals surface area contributed by atoms with Gasteiger partial charge in [-0.25, -0.2) is 0 Å². The molecule has 0 bridgehead atoms. The Morgan fingerprint density at radius 1 is 0.905 bits per heavy atom. The van der Waals surface area contributed by atoms with Gasteiger partial charge in [-0.05, 0) is 12.8 Å². The molecule has 0 unspecified atom stereocenters. The van der Waals surface area contributed by atoms with Crippen LogP contribution >= 0.6 is 0 Å². The van der Waals surface area contributed by atoms with Crippen LogP contribution in [0.4, 0.5) is 0 Å². The lowest BCUT2D eigenvalue weighted by molar-refractivity contribution is 0.251. The average molecular weight is 297 g/mol. The smallest absolute Gasteiger partial charge is 0.114 e. The molecule has 3 heteroatoms. The quantitative estimate of drug-likeness (QED) is 0.241. The first kappa shape index (κ1) is 20.0. The zero-order valence-electron chi connectivity index (χ0n) is 13.8. The maximum absolute atomic E-state index is 9.45. The Labute approximate surface area is 130 Å². The average Bonchev–Trinajstić information content (AvgIpc) is 2.50. The van der Waals surface area contributed by atoms with E-state index in [4.69, 9.17) is 10.8 Å². The van der Waals surface area contributed by atoms with Crippen molar-refractivity contribution in [3.8, 4) is 0 Å². The summed E-state index contributed by atoms with van der Waals surface area (Å²) in [5, 5.41) is 18.1. The molecule has 0 saturated carbocycles. The van der Waals surface area contributed by atoms with Crippen LogP contribution in [-0.4, -0.2) is 16.3 Å². The highest BCUT2D eigenvalue weighted by molar-refractivity contribution is 5.08. The molecule has 0 fully saturated rings. The SMILES string of the molecule is CCCCCCCCCCCCC/C=C/[C@@H](O)/C(N)=C/O. The molecule has 3 nitrogen and oxygen atoms in total. The predicted octanol–water partition coefficient (Wildman–Crippen LogP) is 4.96. The molecule has 0 aromatic rings. The molecule has 0 saturated heterocycles. The third-order valence-electron chi connectivity index (χ3n) is 3.78. The van der Waals surface area contributed by atoms with E-state index in [0.717, 1.165) is 19.1 Å². The highest BCUT2D eigenvalue weighted by Gasteiger charge is 2.00. The molecule has 0 rings (SSSR count). The number of allylic oxidation sites excluding steroid dienone is 1. The maximum atomic E-state index is 9.45. The van der Waals surface area contributed by atoms with Crippen LogP contribution in [0.2, 0.25) is 0 Å². The molecule has 0 aliphatic rings. The summed E-state index contributed by atoms with van der Waals surface area (Å²) in [6, 6.07) is 0. The van der Waals surface area contributed by atoms with Gasteiger partial charge >= 0.3 is 0 Å². The second kappa shape index (κ2) is 15.4. The minimum atomic E-state index is -0.859. The standard InChI is InChI=1S/C18H35NO2/c1-2-3-4-5-6-7-8-9-10-11-12-13-14-15-18(21)17(19)16-20/h14-16,18,20-21H,2-13,19H2,1H3/b15-14+,17-16-/t18-/m1/s1. The number of aliphatic hydroxyl groups is 2. The van der Waals surface area contributed by atoms with Crippen molar-refractivity contribution in [3.05, 3.63) is 24.1 Å². The largest absolute Gasteiger partial charge is 0.514 e. The van der Waals surface area contributed by atoms with E-state index in [1.807, 2.05) is 6.08 Å². The first-order valence-corrected chi connectivity index (χ1v) is 8.66. The van der Waals surface area contributed by atoms with Crippen LogP contribution in [0.3, 0.4) is 0 Å². The van der Waals surface area contributed by atoms with Crippen molar-refractivity contribution in [2.24, 2.45) is 5.73 Å². The van der Waals surface area contributed by atoms with Crippen molar-refractivity contribution in [1.82, 2.24) is 0 Å². The van der Waals surface area contributed by atoms with Gasteiger partial charge in [0.1, 0.15) is 12.4 Å². The first-order valence-electron chi connectivity index (χ1n) is 8.66. The van der Waals surface area contributed by atoms with Crippen molar-refractivity contribution >= 4 is 0 Å². The zero-order chi connectivity index (χ0) is 15.8. The van der Waals surface area contributed by atoms with Gasteiger partial charge in [0.15, 0.2) is 0 Å². The number of rotatable bonds is 14. The van der Waals surface area contributed by atoms with E-state index in [1.54, 1.807) is 6.08 Å². The Morgan fingerprint density at radius 2 is 1.38 bits per heavy atom. The highest BCUT2D eigenvalue weighted by atomic mass is 16.3. The number of hydrogen-bond acceptors (Lipinski definition) is 3. The van der Waals surface area contributed by atoms with Gasteiger partial charge in [-0.2, -0.15) is 0 Å². The molecule has 0 radical (unpaired) electrons. The Morgan fingerprint density at radius 3 is 1.86 bits per heavy atom. The van der Waals surface area contributed by atoms with Crippen molar-refractivity contribution in [3.63, 3.8) is 0 Å². The molecule has 0 aromatic carbocycles. The molecule has 124 valence electrons. The minimum Gasteiger partial charge on any atom is -0.514 e. The third-order valence-corrected chi connectivity index (χ3v) is 3.78. The molecular weight excluding hydrogens is 262 g/mol. The third kappa shape index (κ3) is 13.8. The van der Waals surface area contributed by atoms with Gasteiger partial charge in [0.2, 0.25) is 0 Å². The molecule has 0 amide bonds. The summed E-state index contributed by atoms with van der Waals surface area (Å²) in [6.07, 6.45) is 19.2. The van der Waals surface area contributed by atoms with Crippen molar-refractivity contribution < 1.29 is 10.2 Å². The summed E-state index contributed by atoms with van der Waals surface area (Å²) in [6.45, 7) is 2.26. The summed E-state index contributed by atoms with van der Waals surface area (Å²) in [5.74, 6) is 0. The highest BCUT2D eigenvalue weighted by Crippen LogP contribution is 2.12. The molecule has 4 N–H and O–H groups in total. The van der Waals surface area contributed by atoms with Crippen LogP contribution in [0.25, 0.3) is 0 Å². The van der Waals surface area contributed by atoms with Gasteiger partial charge in [0.25, 0.3) is 0 Å². The van der Waals surface area contributed by atoms with Crippen molar-refractivity contribution in [1.29, 1.82) is 0 Å². The van der Waals surface area contributed by atoms with Crippen LogP contribution in [-0.2, 0) is 0 Å². The van der Waals surface area contributed by atoms with E-state index in [9.17, 15) is 5.11 Å². The summed E-state index contributed by atoms with van der Waals surface area (Å²) in [7, 11) is 0. The molecule has 0 heterocycles. The molecule has 0 aliphatic heterocycles. The Hall–Kier alpha value is -0.960. The normalized spacial score (nSPS) is 13.9. The minimum absolute atomic E-state index is 0.0881. The van der Waals surface area contributed by atoms with Gasteiger partial charge in [-0.15, -0.1) is 0 Å². The van der Waals surface area contributed by atoms with Crippen LogP contribution in [0.1, 0.15) is 84.0 Å². The Bertz CT molecular complexity index is 274. The van der Waals surface area contributed by atoms with E-state index < -0.39 is 6.10 Å². The second-order valence-electron chi connectivity index (χ2n) is 5.83. The summed E-state index contributed by atoms with van der Waals surface area (Å²) < 4.78 is 0. The number of hydrogen-bond donors (Lipinski definition) is 3. The van der Waals surface area contributed by atoms with Gasteiger partial charge in [0, 0.05) is 0 Å². The second-order valence-corrected chi connectivity index (χ2v) is 5.83. The number of aliphatic hydroxyl groups excluding tert-OH is 2. The fraction of sp³-hybridized carbons (Fsp3) is 0.778. The zero-order valence-corrected chi connectivity index (χ0v) is 13.8. The Balaban J connectivity index is 3.24. The Kier molecular flexibility index (Phi) is 14.7. The van der Waals surface area contributed by atoms with Crippen molar-refractivity contribution in [2.75, 3.05) is 0 Å². The van der Waals surface area contributed by atoms with E-state index in [2.05, 4.69) is 6.92 Å². The van der Waals surface area contributed by atoms with E-state index in [0.29, 0.717) is 0 Å². The predicted molar refractivity (Wildman–Crippen MR) is 91.1 cm³/mol. The van der Waals surface area contributed by atoms with E-state index in [-0.39, 0.29) is 5.70 Å². The van der Waals surface area contributed by atoms with Gasteiger partial charge in [-0.1, -0.05) is 83.3 Å². The van der Waals surface area contributed by atoms with Gasteiger partial charge in [-0.3, -0.25) is 0 Å².